The molecule has 0 unspecified atom stereocenters. The van der Waals surface area contributed by atoms with Crippen LogP contribution in [0.4, 0.5) is 5.82 Å². The van der Waals surface area contributed by atoms with Gasteiger partial charge < -0.3 is 4.74 Å². The van der Waals surface area contributed by atoms with Gasteiger partial charge in [-0.15, -0.1) is 0 Å². The Labute approximate surface area is 133 Å². The summed E-state index contributed by atoms with van der Waals surface area (Å²) in [6.07, 6.45) is 1.73. The zero-order valence-electron chi connectivity index (χ0n) is 12.0. The smallest absolute Gasteiger partial charge is 0.147 e. The number of fused-ring (bicyclic) bond motifs is 1. The van der Waals surface area contributed by atoms with Gasteiger partial charge in [0.15, 0.2) is 0 Å². The maximum Gasteiger partial charge on any atom is 0.147 e. The van der Waals surface area contributed by atoms with Gasteiger partial charge in [-0.05, 0) is 29.0 Å². The summed E-state index contributed by atoms with van der Waals surface area (Å²) in [5, 5.41) is 6.86. The van der Waals surface area contributed by atoms with Gasteiger partial charge in [-0.3, -0.25) is 5.43 Å². The first-order valence-electron chi connectivity index (χ1n) is 6.75. The molecule has 5 heteroatoms. The summed E-state index contributed by atoms with van der Waals surface area (Å²) < 4.78 is 5.42. The first-order valence-corrected chi connectivity index (χ1v) is 7.13. The van der Waals surface area contributed by atoms with E-state index < -0.39 is 0 Å². The van der Waals surface area contributed by atoms with Crippen molar-refractivity contribution >= 4 is 34.4 Å². The predicted molar refractivity (Wildman–Crippen MR) is 91.0 cm³/mol. The standard InChI is InChI=1S/C17H14ClN3O/c1-22-15-10-9-12-5-2-3-6-13(12)14(15)11-19-21-17-8-4-7-16(18)20-17/h2-11H,1H3,(H,20,21). The molecule has 0 bridgehead atoms. The highest BCUT2D eigenvalue weighted by Crippen LogP contribution is 2.26. The number of anilines is 1. The summed E-state index contributed by atoms with van der Waals surface area (Å²) in [5.41, 5.74) is 3.78. The quantitative estimate of drug-likeness (QED) is 0.443. The molecule has 22 heavy (non-hydrogen) atoms. The largest absolute Gasteiger partial charge is 0.496 e. The van der Waals surface area contributed by atoms with Crippen molar-refractivity contribution in [1.29, 1.82) is 0 Å². The maximum absolute atomic E-state index is 5.84. The van der Waals surface area contributed by atoms with Gasteiger partial charge in [-0.2, -0.15) is 5.10 Å². The fourth-order valence-electron chi connectivity index (χ4n) is 2.22. The van der Waals surface area contributed by atoms with E-state index in [9.17, 15) is 0 Å². The van der Waals surface area contributed by atoms with Crippen LogP contribution in [-0.2, 0) is 0 Å². The highest BCUT2D eigenvalue weighted by Gasteiger charge is 2.05. The monoisotopic (exact) mass is 311 g/mol. The molecule has 0 radical (unpaired) electrons. The number of methoxy groups -OCH3 is 1. The molecule has 1 heterocycles. The third-order valence-electron chi connectivity index (χ3n) is 3.24. The molecular weight excluding hydrogens is 298 g/mol. The van der Waals surface area contributed by atoms with E-state index in [1.165, 1.54) is 0 Å². The average molecular weight is 312 g/mol. The number of nitrogens with one attached hydrogen (secondary N) is 1. The number of rotatable bonds is 4. The number of ether oxygens (including phenoxy) is 1. The van der Waals surface area contributed by atoms with Crippen molar-refractivity contribution in [3.8, 4) is 5.75 Å². The second-order valence-electron chi connectivity index (χ2n) is 4.62. The SMILES string of the molecule is COc1ccc2ccccc2c1C=NNc1cccc(Cl)n1. The number of aromatic nitrogens is 1. The van der Waals surface area contributed by atoms with Crippen LogP contribution < -0.4 is 10.2 Å². The summed E-state index contributed by atoms with van der Waals surface area (Å²) in [4.78, 5) is 4.12. The summed E-state index contributed by atoms with van der Waals surface area (Å²) in [7, 11) is 1.65. The van der Waals surface area contributed by atoms with E-state index in [0.717, 1.165) is 22.1 Å². The number of halogens is 1. The van der Waals surface area contributed by atoms with Crippen LogP contribution in [0.3, 0.4) is 0 Å². The molecule has 0 atom stereocenters. The molecule has 0 aliphatic heterocycles. The highest BCUT2D eigenvalue weighted by molar-refractivity contribution is 6.29. The lowest BCUT2D eigenvalue weighted by Crippen LogP contribution is -1.96. The van der Waals surface area contributed by atoms with Gasteiger partial charge in [0.2, 0.25) is 0 Å². The molecule has 1 N–H and O–H groups in total. The lowest BCUT2D eigenvalue weighted by Gasteiger charge is -2.08. The van der Waals surface area contributed by atoms with E-state index in [1.807, 2.05) is 36.4 Å². The Balaban J connectivity index is 1.93. The number of hydrazone groups is 1. The van der Waals surface area contributed by atoms with Gasteiger partial charge in [-0.25, -0.2) is 4.98 Å². The zero-order chi connectivity index (χ0) is 15.4. The van der Waals surface area contributed by atoms with E-state index in [1.54, 1.807) is 25.5 Å². The summed E-state index contributed by atoms with van der Waals surface area (Å²) in [6.45, 7) is 0. The average Bonchev–Trinajstić information content (AvgIpc) is 2.55. The van der Waals surface area contributed by atoms with Crippen LogP contribution in [0, 0.1) is 0 Å². The molecule has 2 aromatic carbocycles. The molecule has 4 nitrogen and oxygen atoms in total. The van der Waals surface area contributed by atoms with Crippen molar-refractivity contribution < 1.29 is 4.74 Å². The molecule has 0 fully saturated rings. The second-order valence-corrected chi connectivity index (χ2v) is 5.01. The summed E-state index contributed by atoms with van der Waals surface area (Å²) >= 11 is 5.84. The Morgan fingerprint density at radius 3 is 2.77 bits per heavy atom. The first-order chi connectivity index (χ1) is 10.8. The van der Waals surface area contributed by atoms with Gasteiger partial charge in [0.05, 0.1) is 13.3 Å². The first kappa shape index (κ1) is 14.4. The van der Waals surface area contributed by atoms with Crippen molar-refractivity contribution in [3.63, 3.8) is 0 Å². The third kappa shape index (κ3) is 3.02. The van der Waals surface area contributed by atoms with Crippen molar-refractivity contribution in [3.05, 3.63) is 65.3 Å². The van der Waals surface area contributed by atoms with Crippen LogP contribution in [0.2, 0.25) is 5.15 Å². The van der Waals surface area contributed by atoms with Crippen molar-refractivity contribution in [1.82, 2.24) is 4.98 Å². The van der Waals surface area contributed by atoms with Gasteiger partial charge in [-0.1, -0.05) is 48.0 Å². The molecular formula is C17H14ClN3O. The van der Waals surface area contributed by atoms with Crippen molar-refractivity contribution in [2.24, 2.45) is 5.10 Å². The maximum atomic E-state index is 5.84. The Morgan fingerprint density at radius 2 is 1.95 bits per heavy atom. The van der Waals surface area contributed by atoms with Crippen molar-refractivity contribution in [2.75, 3.05) is 12.5 Å². The van der Waals surface area contributed by atoms with Gasteiger partial charge >= 0.3 is 0 Å². The minimum Gasteiger partial charge on any atom is -0.496 e. The highest BCUT2D eigenvalue weighted by atomic mass is 35.5. The van der Waals surface area contributed by atoms with Crippen LogP contribution >= 0.6 is 11.6 Å². The summed E-state index contributed by atoms with van der Waals surface area (Å²) in [6, 6.07) is 17.4. The van der Waals surface area contributed by atoms with Crippen LogP contribution in [0.25, 0.3) is 10.8 Å². The van der Waals surface area contributed by atoms with Gasteiger partial charge in [0, 0.05) is 5.56 Å². The minimum atomic E-state index is 0.419. The molecule has 0 aliphatic carbocycles. The minimum absolute atomic E-state index is 0.419. The third-order valence-corrected chi connectivity index (χ3v) is 3.45. The number of pyridine rings is 1. The molecule has 0 aliphatic rings. The van der Waals surface area contributed by atoms with E-state index in [0.29, 0.717) is 11.0 Å². The molecule has 3 aromatic rings. The lowest BCUT2D eigenvalue weighted by molar-refractivity contribution is 0.415. The lowest BCUT2D eigenvalue weighted by atomic mass is 10.0. The fourth-order valence-corrected chi connectivity index (χ4v) is 2.38. The Hall–Kier alpha value is -2.59. The second kappa shape index (κ2) is 6.45. The molecule has 1 aromatic heterocycles. The zero-order valence-corrected chi connectivity index (χ0v) is 12.7. The van der Waals surface area contributed by atoms with Crippen molar-refractivity contribution in [2.45, 2.75) is 0 Å². The number of benzene rings is 2. The van der Waals surface area contributed by atoms with Gasteiger partial charge in [0.25, 0.3) is 0 Å². The molecule has 0 saturated heterocycles. The van der Waals surface area contributed by atoms with E-state index >= 15 is 0 Å². The van der Waals surface area contributed by atoms with E-state index in [-0.39, 0.29) is 0 Å². The topological polar surface area (TPSA) is 46.5 Å². The van der Waals surface area contributed by atoms with Crippen LogP contribution in [0.5, 0.6) is 5.75 Å². The van der Waals surface area contributed by atoms with Crippen LogP contribution in [0.15, 0.2) is 59.7 Å². The molecule has 3 rings (SSSR count). The fraction of sp³-hybridized carbons (Fsp3) is 0.0588. The van der Waals surface area contributed by atoms with E-state index in [4.69, 9.17) is 16.3 Å². The number of nitrogens with zero attached hydrogens (tertiary/aromatic N) is 2. The summed E-state index contributed by atoms with van der Waals surface area (Å²) in [5.74, 6) is 1.35. The number of hydrogen-bond donors (Lipinski definition) is 1. The number of hydrogen-bond acceptors (Lipinski definition) is 4. The Morgan fingerprint density at radius 1 is 1.09 bits per heavy atom. The van der Waals surface area contributed by atoms with Crippen LogP contribution in [0.1, 0.15) is 5.56 Å². The molecule has 0 amide bonds. The predicted octanol–water partition coefficient (Wildman–Crippen LogP) is 4.34. The Bertz CT molecular complexity index is 833. The van der Waals surface area contributed by atoms with E-state index in [2.05, 4.69) is 21.6 Å². The Kier molecular flexibility index (Phi) is 4.21. The normalized spacial score (nSPS) is 11.0. The molecule has 0 saturated carbocycles. The molecule has 110 valence electrons. The van der Waals surface area contributed by atoms with Crippen LogP contribution in [-0.4, -0.2) is 18.3 Å². The molecule has 0 spiro atoms. The van der Waals surface area contributed by atoms with Gasteiger partial charge in [0.1, 0.15) is 16.7 Å².